The van der Waals surface area contributed by atoms with E-state index in [0.29, 0.717) is 5.25 Å². The van der Waals surface area contributed by atoms with Crippen LogP contribution in [0, 0.1) is 0 Å². The van der Waals surface area contributed by atoms with Crippen LogP contribution in [-0.2, 0) is 5.75 Å². The third-order valence-electron chi connectivity index (χ3n) is 3.22. The van der Waals surface area contributed by atoms with Crippen LogP contribution in [0.15, 0.2) is 46.6 Å². The van der Waals surface area contributed by atoms with E-state index in [-0.39, 0.29) is 0 Å². The number of benzene rings is 1. The lowest BCUT2D eigenvalue weighted by molar-refractivity contribution is 0.398. The molecule has 0 amide bonds. The number of para-hydroxylation sites is 2. The Morgan fingerprint density at radius 2 is 2.04 bits per heavy atom. The smallest absolute Gasteiger partial charge is 0.166 e. The number of aromatic nitrogens is 3. The van der Waals surface area contributed by atoms with Crippen molar-refractivity contribution in [2.45, 2.75) is 34.9 Å². The average Bonchev–Trinajstić information content (AvgIpc) is 2.95. The molecule has 0 aliphatic rings. The van der Waals surface area contributed by atoms with Gasteiger partial charge in [0.25, 0.3) is 0 Å². The lowest BCUT2D eigenvalue weighted by Crippen LogP contribution is -1.98. The first-order valence-electron chi connectivity index (χ1n) is 7.43. The van der Waals surface area contributed by atoms with E-state index in [1.807, 2.05) is 36.5 Å². The maximum absolute atomic E-state index is 5.60. The second-order valence-corrected chi connectivity index (χ2v) is 7.89. The SMILES string of the molecule is COc1c(SC(C)C)ccnc1CSc1nc2ccccc2[nH]1. The summed E-state index contributed by atoms with van der Waals surface area (Å²) in [5.41, 5.74) is 2.99. The van der Waals surface area contributed by atoms with Crippen LogP contribution in [0.25, 0.3) is 11.0 Å². The minimum atomic E-state index is 0.502. The summed E-state index contributed by atoms with van der Waals surface area (Å²) in [6.45, 7) is 4.35. The molecule has 0 fully saturated rings. The lowest BCUT2D eigenvalue weighted by Gasteiger charge is -2.13. The molecule has 0 spiro atoms. The summed E-state index contributed by atoms with van der Waals surface area (Å²) in [6.07, 6.45) is 1.85. The highest BCUT2D eigenvalue weighted by Crippen LogP contribution is 2.36. The molecule has 0 aliphatic carbocycles. The number of ether oxygens (including phenoxy) is 1. The molecule has 3 aromatic rings. The molecule has 0 unspecified atom stereocenters. The van der Waals surface area contributed by atoms with Crippen LogP contribution in [0.1, 0.15) is 19.5 Å². The highest BCUT2D eigenvalue weighted by Gasteiger charge is 2.13. The standard InChI is InChI=1S/C17H19N3OS2/c1-11(2)23-15-8-9-18-14(16(15)21-3)10-22-17-19-12-6-4-5-7-13(12)20-17/h4-9,11H,10H2,1-3H3,(H,19,20). The number of nitrogens with one attached hydrogen (secondary N) is 1. The number of fused-ring (bicyclic) bond motifs is 1. The van der Waals surface area contributed by atoms with E-state index in [2.05, 4.69) is 28.8 Å². The van der Waals surface area contributed by atoms with Gasteiger partial charge in [-0.15, -0.1) is 11.8 Å². The fraction of sp³-hybridized carbons (Fsp3) is 0.294. The van der Waals surface area contributed by atoms with Crippen molar-refractivity contribution in [2.75, 3.05) is 7.11 Å². The first kappa shape index (κ1) is 16.2. The van der Waals surface area contributed by atoms with Crippen molar-refractivity contribution >= 4 is 34.6 Å². The van der Waals surface area contributed by atoms with Crippen LogP contribution >= 0.6 is 23.5 Å². The van der Waals surface area contributed by atoms with Gasteiger partial charge in [0, 0.05) is 17.2 Å². The molecule has 0 bridgehead atoms. The fourth-order valence-corrected chi connectivity index (χ4v) is 4.05. The number of imidazole rings is 1. The molecule has 2 heterocycles. The molecule has 6 heteroatoms. The van der Waals surface area contributed by atoms with Crippen LogP contribution in [0.2, 0.25) is 0 Å². The molecule has 4 nitrogen and oxygen atoms in total. The Labute approximate surface area is 144 Å². The van der Waals surface area contributed by atoms with Gasteiger partial charge >= 0.3 is 0 Å². The molecule has 0 aliphatic heterocycles. The lowest BCUT2D eigenvalue weighted by atomic mass is 10.3. The zero-order valence-corrected chi connectivity index (χ0v) is 15.0. The summed E-state index contributed by atoms with van der Waals surface area (Å²) < 4.78 is 5.60. The van der Waals surface area contributed by atoms with Crippen molar-refractivity contribution in [2.24, 2.45) is 0 Å². The van der Waals surface area contributed by atoms with Gasteiger partial charge in [-0.25, -0.2) is 4.98 Å². The summed E-state index contributed by atoms with van der Waals surface area (Å²) in [7, 11) is 1.71. The largest absolute Gasteiger partial charge is 0.494 e. The maximum atomic E-state index is 5.60. The van der Waals surface area contributed by atoms with Crippen molar-refractivity contribution in [1.29, 1.82) is 0 Å². The summed E-state index contributed by atoms with van der Waals surface area (Å²) in [6, 6.07) is 10.1. The van der Waals surface area contributed by atoms with Gasteiger partial charge in [-0.3, -0.25) is 4.98 Å². The van der Waals surface area contributed by atoms with E-state index in [4.69, 9.17) is 4.74 Å². The summed E-state index contributed by atoms with van der Waals surface area (Å²) in [5.74, 6) is 1.59. The minimum Gasteiger partial charge on any atom is -0.494 e. The van der Waals surface area contributed by atoms with Gasteiger partial charge in [-0.1, -0.05) is 37.7 Å². The topological polar surface area (TPSA) is 50.8 Å². The number of thioether (sulfide) groups is 2. The summed E-state index contributed by atoms with van der Waals surface area (Å²) in [5, 5.41) is 1.40. The van der Waals surface area contributed by atoms with E-state index in [1.54, 1.807) is 30.6 Å². The Morgan fingerprint density at radius 3 is 2.78 bits per heavy atom. The molecule has 120 valence electrons. The summed E-state index contributed by atoms with van der Waals surface area (Å²) >= 11 is 3.43. The molecule has 0 saturated heterocycles. The van der Waals surface area contributed by atoms with E-state index in [1.165, 1.54) is 0 Å². The predicted octanol–water partition coefficient (Wildman–Crippen LogP) is 4.76. The Hall–Kier alpha value is -1.66. The second kappa shape index (κ2) is 7.27. The predicted molar refractivity (Wildman–Crippen MR) is 97.4 cm³/mol. The number of rotatable bonds is 6. The number of H-pyrrole nitrogens is 1. The van der Waals surface area contributed by atoms with Crippen molar-refractivity contribution in [3.05, 3.63) is 42.2 Å². The Morgan fingerprint density at radius 1 is 1.22 bits per heavy atom. The molecular weight excluding hydrogens is 326 g/mol. The number of nitrogens with zero attached hydrogens (tertiary/aromatic N) is 2. The van der Waals surface area contributed by atoms with Crippen molar-refractivity contribution in [3.8, 4) is 5.75 Å². The number of pyridine rings is 1. The first-order valence-corrected chi connectivity index (χ1v) is 9.30. The van der Waals surface area contributed by atoms with E-state index in [0.717, 1.165) is 38.3 Å². The number of methoxy groups -OCH3 is 1. The quantitative estimate of drug-likeness (QED) is 0.653. The van der Waals surface area contributed by atoms with Crippen LogP contribution < -0.4 is 4.74 Å². The minimum absolute atomic E-state index is 0.502. The van der Waals surface area contributed by atoms with E-state index >= 15 is 0 Å². The molecular formula is C17H19N3OS2. The highest BCUT2D eigenvalue weighted by atomic mass is 32.2. The maximum Gasteiger partial charge on any atom is 0.166 e. The van der Waals surface area contributed by atoms with Gasteiger partial charge in [0.05, 0.1) is 28.7 Å². The van der Waals surface area contributed by atoms with Gasteiger partial charge in [-0.2, -0.15) is 0 Å². The highest BCUT2D eigenvalue weighted by molar-refractivity contribution is 8.00. The van der Waals surface area contributed by atoms with Gasteiger partial charge in [-0.05, 0) is 18.2 Å². The third kappa shape index (κ3) is 3.82. The molecule has 0 saturated carbocycles. The Balaban J connectivity index is 1.79. The van der Waals surface area contributed by atoms with E-state index < -0.39 is 0 Å². The Kier molecular flexibility index (Phi) is 5.13. The fourth-order valence-electron chi connectivity index (χ4n) is 2.27. The monoisotopic (exact) mass is 345 g/mol. The number of hydrogen-bond acceptors (Lipinski definition) is 5. The molecule has 23 heavy (non-hydrogen) atoms. The zero-order valence-electron chi connectivity index (χ0n) is 13.4. The third-order valence-corrected chi connectivity index (χ3v) is 5.15. The van der Waals surface area contributed by atoms with Crippen molar-refractivity contribution in [3.63, 3.8) is 0 Å². The van der Waals surface area contributed by atoms with Crippen LogP contribution in [0.5, 0.6) is 5.75 Å². The van der Waals surface area contributed by atoms with Gasteiger partial charge in [0.15, 0.2) is 10.9 Å². The van der Waals surface area contributed by atoms with E-state index in [9.17, 15) is 0 Å². The molecule has 1 aromatic carbocycles. The van der Waals surface area contributed by atoms with Gasteiger partial charge < -0.3 is 9.72 Å². The van der Waals surface area contributed by atoms with Gasteiger partial charge in [0.2, 0.25) is 0 Å². The van der Waals surface area contributed by atoms with Crippen LogP contribution in [-0.4, -0.2) is 27.3 Å². The van der Waals surface area contributed by atoms with Crippen LogP contribution in [0.3, 0.4) is 0 Å². The van der Waals surface area contributed by atoms with Crippen LogP contribution in [0.4, 0.5) is 0 Å². The molecule has 0 radical (unpaired) electrons. The number of aromatic amines is 1. The number of hydrogen-bond donors (Lipinski definition) is 1. The average molecular weight is 345 g/mol. The van der Waals surface area contributed by atoms with Crippen molar-refractivity contribution in [1.82, 2.24) is 15.0 Å². The zero-order chi connectivity index (χ0) is 16.2. The molecule has 0 atom stereocenters. The molecule has 2 aromatic heterocycles. The van der Waals surface area contributed by atoms with Crippen molar-refractivity contribution < 1.29 is 4.74 Å². The first-order chi connectivity index (χ1) is 11.2. The Bertz CT molecular complexity index is 768. The van der Waals surface area contributed by atoms with Gasteiger partial charge in [0.1, 0.15) is 0 Å². The molecule has 3 rings (SSSR count). The summed E-state index contributed by atoms with van der Waals surface area (Å²) in [4.78, 5) is 13.5. The molecule has 1 N–H and O–H groups in total. The second-order valence-electron chi connectivity index (χ2n) is 5.30. The normalized spacial score (nSPS) is 11.3.